The van der Waals surface area contributed by atoms with Gasteiger partial charge in [-0.3, -0.25) is 14.6 Å². The van der Waals surface area contributed by atoms with Crippen molar-refractivity contribution in [3.63, 3.8) is 0 Å². The van der Waals surface area contributed by atoms with Crippen LogP contribution in [0.2, 0.25) is 0 Å². The third-order valence-electron chi connectivity index (χ3n) is 6.06. The van der Waals surface area contributed by atoms with Gasteiger partial charge < -0.3 is 4.74 Å². The van der Waals surface area contributed by atoms with Gasteiger partial charge in [-0.25, -0.2) is 9.59 Å². The molecule has 1 unspecified atom stereocenters. The molecule has 3 aromatic rings. The molecule has 0 radical (unpaired) electrons. The zero-order valence-electron chi connectivity index (χ0n) is 19.6. The zero-order valence-corrected chi connectivity index (χ0v) is 19.6. The number of anilines is 1. The zero-order chi connectivity index (χ0) is 28.1. The molecular weight excluding hydrogens is 524 g/mol. The summed E-state index contributed by atoms with van der Waals surface area (Å²) in [4.78, 5) is 48.7. The number of fused-ring (bicyclic) bond motifs is 1. The Morgan fingerprint density at radius 1 is 0.974 bits per heavy atom. The lowest BCUT2D eigenvalue weighted by Gasteiger charge is -2.35. The van der Waals surface area contributed by atoms with Gasteiger partial charge in [-0.1, -0.05) is 18.2 Å². The van der Waals surface area contributed by atoms with E-state index < -0.39 is 52.9 Å². The number of alkyl halides is 6. The third kappa shape index (κ3) is 4.62. The van der Waals surface area contributed by atoms with Crippen molar-refractivity contribution in [2.24, 2.45) is 0 Å². The molecule has 1 aliphatic rings. The minimum atomic E-state index is -5.50. The summed E-state index contributed by atoms with van der Waals surface area (Å²) in [5, 5.41) is 0.429. The van der Waals surface area contributed by atoms with Crippen molar-refractivity contribution in [1.82, 2.24) is 4.98 Å². The van der Waals surface area contributed by atoms with Crippen LogP contribution in [-0.2, 0) is 21.0 Å². The number of carbonyl (C=O) groups excluding carboxylic acids is 3. The number of pyridine rings is 1. The molecule has 0 aliphatic carbocycles. The van der Waals surface area contributed by atoms with E-state index in [1.165, 1.54) is 12.3 Å². The van der Waals surface area contributed by atoms with Crippen molar-refractivity contribution in [3.05, 3.63) is 66.4 Å². The Morgan fingerprint density at radius 3 is 2.21 bits per heavy atom. The van der Waals surface area contributed by atoms with E-state index in [0.717, 1.165) is 38.1 Å². The average molecular weight is 542 g/mol. The molecule has 2 aromatic carbocycles. The first kappa shape index (κ1) is 26.9. The predicted octanol–water partition coefficient (Wildman–Crippen LogP) is 5.42. The molecule has 0 bridgehead atoms. The number of nitrogens with zero attached hydrogens (tertiary/aromatic N) is 3. The molecule has 0 saturated carbocycles. The van der Waals surface area contributed by atoms with Crippen LogP contribution in [0.1, 0.15) is 19.4 Å². The maximum atomic E-state index is 13.8. The number of aromatic nitrogens is 1. The molecule has 1 atom stereocenters. The van der Waals surface area contributed by atoms with Crippen LogP contribution in [0.5, 0.6) is 5.75 Å². The molecule has 0 N–H and O–H groups in total. The van der Waals surface area contributed by atoms with E-state index in [4.69, 9.17) is 4.84 Å². The van der Waals surface area contributed by atoms with E-state index in [-0.39, 0.29) is 11.3 Å². The first-order chi connectivity index (χ1) is 17.6. The number of hydrogen-bond donors (Lipinski definition) is 0. The maximum absolute atomic E-state index is 13.8. The fraction of sp³-hybridized carbons (Fsp3) is 0.250. The Kier molecular flexibility index (Phi) is 6.34. The van der Waals surface area contributed by atoms with Gasteiger partial charge in [0.2, 0.25) is 5.54 Å². The number of hydroxylamine groups is 3. The fourth-order valence-electron chi connectivity index (χ4n) is 4.12. The summed E-state index contributed by atoms with van der Waals surface area (Å²) in [6, 6.07) is 10.1. The number of quaternary nitrogens is 1. The summed E-state index contributed by atoms with van der Waals surface area (Å²) in [5.41, 5.74) is -1.69. The van der Waals surface area contributed by atoms with Crippen LogP contribution < -0.4 is 9.64 Å². The van der Waals surface area contributed by atoms with Crippen LogP contribution in [0.4, 0.5) is 36.8 Å². The highest BCUT2D eigenvalue weighted by atomic mass is 19.4. The molecule has 1 aliphatic heterocycles. The van der Waals surface area contributed by atoms with Gasteiger partial charge in [0.25, 0.3) is 0 Å². The summed E-state index contributed by atoms with van der Waals surface area (Å²) in [5.74, 6) is -4.42. The lowest BCUT2D eigenvalue weighted by molar-refractivity contribution is -1.06. The molecule has 38 heavy (non-hydrogen) atoms. The molecule has 3 amide bonds. The highest BCUT2D eigenvalue weighted by molar-refractivity contribution is 6.19. The first-order valence-electron chi connectivity index (χ1n) is 10.8. The molecule has 1 saturated heterocycles. The van der Waals surface area contributed by atoms with E-state index >= 15 is 0 Å². The third-order valence-corrected chi connectivity index (χ3v) is 6.06. The summed E-state index contributed by atoms with van der Waals surface area (Å²) < 4.78 is 79.6. The van der Waals surface area contributed by atoms with Crippen LogP contribution >= 0.6 is 0 Å². The Labute approximate surface area is 210 Å². The molecule has 0 spiro atoms. The number of benzene rings is 2. The normalized spacial score (nSPS) is 19.6. The molecule has 200 valence electrons. The molecule has 2 heterocycles. The quantitative estimate of drug-likeness (QED) is 0.243. The lowest BCUT2D eigenvalue weighted by atomic mass is 10.0. The van der Waals surface area contributed by atoms with Gasteiger partial charge in [0.15, 0.2) is 6.54 Å². The van der Waals surface area contributed by atoms with Crippen molar-refractivity contribution >= 4 is 34.5 Å². The SMILES string of the molecule is CC1(C)C(=O)N(c2ccc(OC(F)(F)F)cc2)C(=O)[N+]1(Cc1ccnc2ccccc12)OC(=O)C(F)(F)F. The van der Waals surface area contributed by atoms with E-state index in [1.807, 2.05) is 0 Å². The monoisotopic (exact) mass is 542 g/mol. The van der Waals surface area contributed by atoms with E-state index in [1.54, 1.807) is 24.3 Å². The Hall–Kier alpha value is -4.20. The average Bonchev–Trinajstić information content (AvgIpc) is 2.96. The van der Waals surface area contributed by atoms with E-state index in [9.17, 15) is 40.7 Å². The van der Waals surface area contributed by atoms with Crippen molar-refractivity contribution < 1.29 is 54.9 Å². The van der Waals surface area contributed by atoms with Crippen molar-refractivity contribution in [3.8, 4) is 5.75 Å². The minimum absolute atomic E-state index is 0.246. The first-order valence-corrected chi connectivity index (χ1v) is 10.8. The largest absolute Gasteiger partial charge is 0.573 e. The highest BCUT2D eigenvalue weighted by Gasteiger charge is 2.72. The summed E-state index contributed by atoms with van der Waals surface area (Å²) in [6.45, 7) is 1.57. The van der Waals surface area contributed by atoms with Gasteiger partial charge in [-0.15, -0.1) is 13.2 Å². The second kappa shape index (κ2) is 8.97. The predicted molar refractivity (Wildman–Crippen MR) is 118 cm³/mol. The number of rotatable bonds is 5. The van der Waals surface area contributed by atoms with Gasteiger partial charge in [-0.05, 0) is 41.0 Å². The molecule has 1 aromatic heterocycles. The van der Waals surface area contributed by atoms with E-state index in [0.29, 0.717) is 15.8 Å². The van der Waals surface area contributed by atoms with Crippen molar-refractivity contribution in [2.45, 2.75) is 38.5 Å². The van der Waals surface area contributed by atoms with Crippen molar-refractivity contribution in [2.75, 3.05) is 4.90 Å². The number of para-hydroxylation sites is 1. The number of urea groups is 1. The summed E-state index contributed by atoms with van der Waals surface area (Å²) in [6.07, 6.45) is -9.17. The molecule has 8 nitrogen and oxygen atoms in total. The van der Waals surface area contributed by atoms with Crippen LogP contribution in [-0.4, -0.2) is 45.6 Å². The van der Waals surface area contributed by atoms with E-state index in [2.05, 4.69) is 9.72 Å². The Morgan fingerprint density at radius 2 is 1.61 bits per heavy atom. The Bertz CT molecular complexity index is 1420. The van der Waals surface area contributed by atoms with Gasteiger partial charge >= 0.3 is 30.4 Å². The van der Waals surface area contributed by atoms with Gasteiger partial charge in [0.05, 0.1) is 11.2 Å². The lowest BCUT2D eigenvalue weighted by Crippen LogP contribution is -2.62. The summed E-state index contributed by atoms with van der Waals surface area (Å²) in [7, 11) is 0. The van der Waals surface area contributed by atoms with Crippen LogP contribution in [0.25, 0.3) is 10.9 Å². The number of hydrogen-bond acceptors (Lipinski definition) is 6. The smallest absolute Gasteiger partial charge is 0.406 e. The van der Waals surface area contributed by atoms with Crippen LogP contribution in [0.15, 0.2) is 60.8 Å². The number of amides is 3. The number of imide groups is 1. The second-order valence-corrected chi connectivity index (χ2v) is 8.79. The van der Waals surface area contributed by atoms with Gasteiger partial charge in [-0.2, -0.15) is 18.1 Å². The highest BCUT2D eigenvalue weighted by Crippen LogP contribution is 2.43. The van der Waals surface area contributed by atoms with Crippen LogP contribution in [0, 0.1) is 0 Å². The molecule has 14 heteroatoms. The molecule has 1 fully saturated rings. The summed E-state index contributed by atoms with van der Waals surface area (Å²) >= 11 is 0. The fourth-order valence-corrected chi connectivity index (χ4v) is 4.12. The van der Waals surface area contributed by atoms with Gasteiger partial charge in [0, 0.05) is 31.0 Å². The molecule has 4 rings (SSSR count). The van der Waals surface area contributed by atoms with Gasteiger partial charge in [0.1, 0.15) is 5.75 Å². The standard InChI is InChI=1S/C24H18F6N3O5/c1-22(2)19(34)32(15-7-9-16(10-8-15)37-24(28,29)30)21(36)33(22,38-20(35)23(25,26)27)13-14-11-12-31-18-6-4-3-5-17(14)18/h3-12H,13H2,1-2H3/q+1. The second-order valence-electron chi connectivity index (χ2n) is 8.79. The van der Waals surface area contributed by atoms with Crippen molar-refractivity contribution in [1.29, 1.82) is 0 Å². The topological polar surface area (TPSA) is 85.8 Å². The maximum Gasteiger partial charge on any atom is 0.573 e. The Balaban J connectivity index is 1.84. The van der Waals surface area contributed by atoms with Crippen LogP contribution in [0.3, 0.4) is 0 Å². The number of halogens is 6. The molecular formula is C24H18F6N3O5+. The number of ether oxygens (including phenoxy) is 1. The minimum Gasteiger partial charge on any atom is -0.406 e. The number of carbonyl (C=O) groups is 3.